The summed E-state index contributed by atoms with van der Waals surface area (Å²) in [7, 11) is 0. The molecule has 0 N–H and O–H groups in total. The Balaban J connectivity index is -0.0000000865. The normalized spacial score (nSPS) is 7.74. The van der Waals surface area contributed by atoms with Gasteiger partial charge in [0.05, 0.1) is 0 Å². The maximum Gasteiger partial charge on any atom is 3.00 e. The van der Waals surface area contributed by atoms with Gasteiger partial charge in [0.1, 0.15) is 0 Å². The molecule has 0 aromatic rings. The number of rotatable bonds is 6. The average molecular weight is 470 g/mol. The number of carbonyl (C=O) groups is 3. The summed E-state index contributed by atoms with van der Waals surface area (Å²) in [5.74, 6) is -2.88. The van der Waals surface area contributed by atoms with Gasteiger partial charge >= 0.3 is 26.2 Å². The van der Waals surface area contributed by atoms with E-state index in [0.717, 1.165) is 0 Å². The molecule has 0 atom stereocenters. The fraction of sp³-hybridized carbons (Fsp3) is 0.750. The van der Waals surface area contributed by atoms with Gasteiger partial charge in [0.25, 0.3) is 0 Å². The van der Waals surface area contributed by atoms with Crippen LogP contribution in [-0.4, -0.2) is 44.1 Å². The Morgan fingerprint density at radius 1 is 0.632 bits per heavy atom. The van der Waals surface area contributed by atoms with Gasteiger partial charge in [-0.25, -0.2) is 0 Å². The van der Waals surface area contributed by atoms with Crippen molar-refractivity contribution in [1.82, 2.24) is 0 Å². The molecule has 0 rings (SSSR count). The third kappa shape index (κ3) is 58.8. The van der Waals surface area contributed by atoms with Gasteiger partial charge in [-0.3, -0.25) is 0 Å². The van der Waals surface area contributed by atoms with E-state index in [2.05, 4.69) is 0 Å². The molecule has 19 heavy (non-hydrogen) atoms. The van der Waals surface area contributed by atoms with Crippen LogP contribution in [0, 0.1) is 0 Å². The number of carboxylic acid groups (broad SMARTS) is 3. The SMILES string of the molecule is CCCC(=O)[O-].CCCC(=O)[O-].CCCC(=O)[O-].[Bi+3]. The molecule has 6 nitrogen and oxygen atoms in total. The number of hydrogen-bond acceptors (Lipinski definition) is 6. The molecule has 2 radical (unpaired) electrons. The Kier molecular flexibility index (Phi) is 31.7. The van der Waals surface area contributed by atoms with Crippen molar-refractivity contribution >= 4 is 44.1 Å². The number of carbonyl (C=O) groups excluding carboxylic acids is 3. The van der Waals surface area contributed by atoms with E-state index in [1.165, 1.54) is 0 Å². The number of carboxylic acids is 3. The maximum absolute atomic E-state index is 9.49. The van der Waals surface area contributed by atoms with Crippen molar-refractivity contribution in [1.29, 1.82) is 0 Å². The molecular formula is C12H21BiO6. The summed E-state index contributed by atoms with van der Waals surface area (Å²) in [5.41, 5.74) is 0. The van der Waals surface area contributed by atoms with E-state index >= 15 is 0 Å². The zero-order valence-corrected chi connectivity index (χ0v) is 15.1. The van der Waals surface area contributed by atoms with E-state index in [9.17, 15) is 29.7 Å². The van der Waals surface area contributed by atoms with Crippen LogP contribution in [0.15, 0.2) is 0 Å². The molecule has 0 aliphatic rings. The third-order valence-electron chi connectivity index (χ3n) is 1.36. The fourth-order valence-corrected chi connectivity index (χ4v) is 0.612. The summed E-state index contributed by atoms with van der Waals surface area (Å²) in [5, 5.41) is 28.5. The summed E-state index contributed by atoms with van der Waals surface area (Å²) in [6, 6.07) is 0. The van der Waals surface area contributed by atoms with Crippen LogP contribution in [0.1, 0.15) is 59.3 Å². The summed E-state index contributed by atoms with van der Waals surface area (Å²) in [6.07, 6.45) is 2.55. The van der Waals surface area contributed by atoms with Crippen molar-refractivity contribution in [2.45, 2.75) is 59.3 Å². The molecule has 0 aliphatic carbocycles. The Hall–Kier alpha value is -0.707. The van der Waals surface area contributed by atoms with E-state index in [0.29, 0.717) is 19.3 Å². The van der Waals surface area contributed by atoms with Crippen LogP contribution < -0.4 is 15.3 Å². The minimum Gasteiger partial charge on any atom is -0.550 e. The van der Waals surface area contributed by atoms with E-state index < -0.39 is 17.9 Å². The molecule has 0 heterocycles. The molecule has 0 spiro atoms. The number of aliphatic carboxylic acids is 3. The van der Waals surface area contributed by atoms with E-state index in [1.54, 1.807) is 20.8 Å². The smallest absolute Gasteiger partial charge is 0.550 e. The van der Waals surface area contributed by atoms with Crippen LogP contribution in [0.2, 0.25) is 0 Å². The largest absolute Gasteiger partial charge is 3.00 e. The monoisotopic (exact) mass is 470 g/mol. The summed E-state index contributed by atoms with van der Waals surface area (Å²) in [6.45, 7) is 5.40. The van der Waals surface area contributed by atoms with Gasteiger partial charge in [-0.2, -0.15) is 0 Å². The summed E-state index contributed by atoms with van der Waals surface area (Å²) in [4.78, 5) is 28.5. The zero-order chi connectivity index (χ0) is 15.0. The fourth-order valence-electron chi connectivity index (χ4n) is 0.612. The van der Waals surface area contributed by atoms with Gasteiger partial charge in [0, 0.05) is 17.9 Å². The van der Waals surface area contributed by atoms with Crippen LogP contribution >= 0.6 is 0 Å². The first kappa shape index (κ1) is 26.8. The topological polar surface area (TPSA) is 120 Å². The van der Waals surface area contributed by atoms with Crippen LogP contribution in [-0.2, 0) is 14.4 Å². The maximum atomic E-state index is 9.49. The van der Waals surface area contributed by atoms with Crippen molar-refractivity contribution in [3.63, 3.8) is 0 Å². The van der Waals surface area contributed by atoms with E-state index in [-0.39, 0.29) is 45.5 Å². The van der Waals surface area contributed by atoms with Crippen LogP contribution in [0.25, 0.3) is 0 Å². The molecule has 0 aromatic heterocycles. The molecule has 0 bridgehead atoms. The van der Waals surface area contributed by atoms with Gasteiger partial charge in [-0.05, 0) is 19.3 Å². The molecule has 0 saturated carbocycles. The zero-order valence-electron chi connectivity index (χ0n) is 11.6. The molecule has 7 heteroatoms. The van der Waals surface area contributed by atoms with Crippen LogP contribution in [0.3, 0.4) is 0 Å². The Labute approximate surface area is 133 Å². The first-order chi connectivity index (χ1) is 8.31. The quantitative estimate of drug-likeness (QED) is 0.424. The molecule has 0 unspecified atom stereocenters. The second kappa shape index (κ2) is 22.5. The van der Waals surface area contributed by atoms with Crippen molar-refractivity contribution < 1.29 is 29.7 Å². The van der Waals surface area contributed by atoms with E-state index in [4.69, 9.17) is 0 Å². The van der Waals surface area contributed by atoms with Gasteiger partial charge < -0.3 is 29.7 Å². The Bertz CT molecular complexity index is 192. The summed E-state index contributed by atoms with van der Waals surface area (Å²) < 4.78 is 0. The first-order valence-corrected chi connectivity index (χ1v) is 5.91. The predicted molar refractivity (Wildman–Crippen MR) is 65.5 cm³/mol. The molecule has 0 amide bonds. The average Bonchev–Trinajstić information content (AvgIpc) is 2.18. The second-order valence-corrected chi connectivity index (χ2v) is 3.37. The Morgan fingerprint density at radius 3 is 0.789 bits per heavy atom. The Morgan fingerprint density at radius 2 is 0.789 bits per heavy atom. The van der Waals surface area contributed by atoms with Crippen molar-refractivity contribution in [3.05, 3.63) is 0 Å². The minimum atomic E-state index is -0.961. The first-order valence-electron chi connectivity index (χ1n) is 5.91. The molecular weight excluding hydrogens is 449 g/mol. The molecule has 0 saturated heterocycles. The predicted octanol–water partition coefficient (Wildman–Crippen LogP) is -1.77. The minimum absolute atomic E-state index is 0. The van der Waals surface area contributed by atoms with Crippen molar-refractivity contribution in [2.24, 2.45) is 0 Å². The van der Waals surface area contributed by atoms with Crippen LogP contribution in [0.5, 0.6) is 0 Å². The van der Waals surface area contributed by atoms with Crippen molar-refractivity contribution in [3.8, 4) is 0 Å². The molecule has 0 aliphatic heterocycles. The molecule has 110 valence electrons. The van der Waals surface area contributed by atoms with Gasteiger partial charge in [0.15, 0.2) is 0 Å². The van der Waals surface area contributed by atoms with Crippen molar-refractivity contribution in [2.75, 3.05) is 0 Å². The van der Waals surface area contributed by atoms with Gasteiger partial charge in [-0.15, -0.1) is 0 Å². The standard InChI is InChI=1S/3C4H8O2.Bi/c3*1-2-3-4(5)6;/h3*2-3H2,1H3,(H,5,6);/q;;;+3/p-3. The third-order valence-corrected chi connectivity index (χ3v) is 1.36. The molecule has 0 aromatic carbocycles. The van der Waals surface area contributed by atoms with Gasteiger partial charge in [0.2, 0.25) is 0 Å². The van der Waals surface area contributed by atoms with Gasteiger partial charge in [-0.1, -0.05) is 40.0 Å². The van der Waals surface area contributed by atoms with E-state index in [1.807, 2.05) is 0 Å². The van der Waals surface area contributed by atoms with Crippen LogP contribution in [0.4, 0.5) is 0 Å². The second-order valence-electron chi connectivity index (χ2n) is 3.37. The summed E-state index contributed by atoms with van der Waals surface area (Å²) >= 11 is 0. The molecule has 0 fully saturated rings. The number of hydrogen-bond donors (Lipinski definition) is 0.